The maximum atomic E-state index is 11.9. The van der Waals surface area contributed by atoms with E-state index in [2.05, 4.69) is 16.7 Å². The Kier molecular flexibility index (Phi) is 6.30. The third-order valence-electron chi connectivity index (χ3n) is 4.41. The Morgan fingerprint density at radius 3 is 2.73 bits per heavy atom. The molecule has 1 fully saturated rings. The number of hydrogen-bond acceptors (Lipinski definition) is 3. The first-order valence-electron chi connectivity index (χ1n) is 8.83. The van der Waals surface area contributed by atoms with Crippen LogP contribution in [0.4, 0.5) is 4.79 Å². The quantitative estimate of drug-likeness (QED) is 0.757. The zero-order valence-corrected chi connectivity index (χ0v) is 14.4. The Labute approximate surface area is 135 Å². The van der Waals surface area contributed by atoms with Crippen LogP contribution in [0.15, 0.2) is 11.6 Å². The predicted octanol–water partition coefficient (Wildman–Crippen LogP) is 3.91. The lowest BCUT2D eigenvalue weighted by molar-refractivity contribution is 0.0489. The van der Waals surface area contributed by atoms with Gasteiger partial charge in [-0.25, -0.2) is 4.79 Å². The molecule has 2 N–H and O–H groups in total. The number of nitrogens with one attached hydrogen (secondary N) is 2. The lowest BCUT2D eigenvalue weighted by Crippen LogP contribution is -2.45. The first-order chi connectivity index (χ1) is 10.4. The molecule has 0 heterocycles. The molecule has 0 saturated heterocycles. The van der Waals surface area contributed by atoms with E-state index in [0.717, 1.165) is 19.4 Å². The van der Waals surface area contributed by atoms with Crippen molar-refractivity contribution in [1.29, 1.82) is 0 Å². The number of hydrogen-bond donors (Lipinski definition) is 2. The summed E-state index contributed by atoms with van der Waals surface area (Å²) >= 11 is 0. The molecule has 126 valence electrons. The highest BCUT2D eigenvalue weighted by molar-refractivity contribution is 5.68. The van der Waals surface area contributed by atoms with Crippen LogP contribution in [0.2, 0.25) is 0 Å². The summed E-state index contributed by atoms with van der Waals surface area (Å²) in [5.74, 6) is 0. The first-order valence-corrected chi connectivity index (χ1v) is 8.83. The predicted molar refractivity (Wildman–Crippen MR) is 90.0 cm³/mol. The lowest BCUT2D eigenvalue weighted by Gasteiger charge is -2.31. The summed E-state index contributed by atoms with van der Waals surface area (Å²) in [6.07, 6.45) is 11.6. The highest BCUT2D eigenvalue weighted by Crippen LogP contribution is 2.22. The molecule has 2 atom stereocenters. The van der Waals surface area contributed by atoms with Gasteiger partial charge < -0.3 is 15.4 Å². The molecule has 22 heavy (non-hydrogen) atoms. The van der Waals surface area contributed by atoms with E-state index in [4.69, 9.17) is 4.74 Å². The highest BCUT2D eigenvalue weighted by atomic mass is 16.6. The standard InChI is InChI=1S/C18H32N2O2/c1-18(2,3)22-17(21)20-16-10-6-9-15(13-16)19-12-11-14-7-4-5-8-14/h7,15-16,19H,4-6,8-13H2,1-3H3,(H,20,21). The van der Waals surface area contributed by atoms with Gasteiger partial charge in [0.25, 0.3) is 0 Å². The van der Waals surface area contributed by atoms with Crippen LogP contribution < -0.4 is 10.6 Å². The summed E-state index contributed by atoms with van der Waals surface area (Å²) in [6, 6.07) is 0.766. The van der Waals surface area contributed by atoms with E-state index < -0.39 is 5.60 Å². The topological polar surface area (TPSA) is 50.4 Å². The van der Waals surface area contributed by atoms with Crippen molar-refractivity contribution in [1.82, 2.24) is 10.6 Å². The van der Waals surface area contributed by atoms with E-state index in [9.17, 15) is 4.79 Å². The van der Waals surface area contributed by atoms with Crippen molar-refractivity contribution in [2.45, 2.75) is 89.8 Å². The van der Waals surface area contributed by atoms with Crippen LogP contribution in [-0.4, -0.2) is 30.3 Å². The maximum absolute atomic E-state index is 11.9. The van der Waals surface area contributed by atoms with E-state index in [1.165, 1.54) is 38.5 Å². The van der Waals surface area contributed by atoms with E-state index in [1.807, 2.05) is 20.8 Å². The Morgan fingerprint density at radius 2 is 2.05 bits per heavy atom. The van der Waals surface area contributed by atoms with E-state index in [0.29, 0.717) is 6.04 Å². The zero-order chi connectivity index (χ0) is 16.0. The SMILES string of the molecule is CC(C)(C)OC(=O)NC1CCCC(NCCC2=CCCC2)C1. The van der Waals surface area contributed by atoms with Gasteiger partial charge in [0.15, 0.2) is 0 Å². The summed E-state index contributed by atoms with van der Waals surface area (Å²) in [6.45, 7) is 6.76. The number of alkyl carbamates (subject to hydrolysis) is 1. The van der Waals surface area contributed by atoms with Crippen LogP contribution >= 0.6 is 0 Å². The van der Waals surface area contributed by atoms with Gasteiger partial charge in [0.2, 0.25) is 0 Å². The molecule has 0 aromatic heterocycles. The highest BCUT2D eigenvalue weighted by Gasteiger charge is 2.25. The van der Waals surface area contributed by atoms with Crippen molar-refractivity contribution in [2.75, 3.05) is 6.54 Å². The molecule has 0 spiro atoms. The van der Waals surface area contributed by atoms with E-state index in [-0.39, 0.29) is 12.1 Å². The molecule has 0 bridgehead atoms. The second-order valence-corrected chi connectivity index (χ2v) is 7.67. The van der Waals surface area contributed by atoms with Gasteiger partial charge in [0, 0.05) is 12.1 Å². The fourth-order valence-corrected chi connectivity index (χ4v) is 3.38. The van der Waals surface area contributed by atoms with Gasteiger partial charge in [-0.05, 0) is 78.7 Å². The van der Waals surface area contributed by atoms with Gasteiger partial charge in [-0.15, -0.1) is 0 Å². The van der Waals surface area contributed by atoms with Gasteiger partial charge >= 0.3 is 6.09 Å². The molecule has 2 rings (SSSR count). The molecule has 4 nitrogen and oxygen atoms in total. The van der Waals surface area contributed by atoms with Crippen LogP contribution in [0.25, 0.3) is 0 Å². The molecule has 2 aliphatic carbocycles. The van der Waals surface area contributed by atoms with Gasteiger partial charge in [0.1, 0.15) is 5.60 Å². The first kappa shape index (κ1) is 17.3. The average Bonchev–Trinajstić information content (AvgIpc) is 2.90. The van der Waals surface area contributed by atoms with Crippen molar-refractivity contribution in [3.8, 4) is 0 Å². The number of ether oxygens (including phenoxy) is 1. The van der Waals surface area contributed by atoms with Gasteiger partial charge in [-0.3, -0.25) is 0 Å². The fraction of sp³-hybridized carbons (Fsp3) is 0.833. The van der Waals surface area contributed by atoms with Crippen molar-refractivity contribution >= 4 is 6.09 Å². The summed E-state index contributed by atoms with van der Waals surface area (Å²) in [4.78, 5) is 11.9. The number of rotatable bonds is 5. The molecule has 0 aliphatic heterocycles. The van der Waals surface area contributed by atoms with Crippen molar-refractivity contribution < 1.29 is 9.53 Å². The number of carbonyl (C=O) groups is 1. The van der Waals surface area contributed by atoms with Gasteiger partial charge in [-0.2, -0.15) is 0 Å². The molecule has 2 aliphatic rings. The second-order valence-electron chi connectivity index (χ2n) is 7.67. The molecule has 0 radical (unpaired) electrons. The van der Waals surface area contributed by atoms with Gasteiger partial charge in [-0.1, -0.05) is 11.6 Å². The minimum Gasteiger partial charge on any atom is -0.444 e. The third kappa shape index (κ3) is 6.39. The van der Waals surface area contributed by atoms with Crippen LogP contribution in [0.5, 0.6) is 0 Å². The van der Waals surface area contributed by atoms with Crippen LogP contribution in [0.1, 0.15) is 72.1 Å². The van der Waals surface area contributed by atoms with Crippen LogP contribution in [0.3, 0.4) is 0 Å². The minimum absolute atomic E-state index is 0.242. The largest absolute Gasteiger partial charge is 0.444 e. The monoisotopic (exact) mass is 308 g/mol. The summed E-state index contributed by atoms with van der Waals surface area (Å²) in [5.41, 5.74) is 1.19. The number of allylic oxidation sites excluding steroid dienone is 1. The summed E-state index contributed by atoms with van der Waals surface area (Å²) in [5, 5.41) is 6.69. The molecule has 1 amide bonds. The third-order valence-corrected chi connectivity index (χ3v) is 4.41. The summed E-state index contributed by atoms with van der Waals surface area (Å²) < 4.78 is 5.35. The summed E-state index contributed by atoms with van der Waals surface area (Å²) in [7, 11) is 0. The van der Waals surface area contributed by atoms with Crippen molar-refractivity contribution in [3.63, 3.8) is 0 Å². The van der Waals surface area contributed by atoms with E-state index >= 15 is 0 Å². The second kappa shape index (κ2) is 8.00. The van der Waals surface area contributed by atoms with Crippen LogP contribution in [0, 0.1) is 0 Å². The van der Waals surface area contributed by atoms with Crippen LogP contribution in [-0.2, 0) is 4.74 Å². The molecule has 4 heteroatoms. The molecule has 2 unspecified atom stereocenters. The number of amides is 1. The molecular formula is C18H32N2O2. The Hall–Kier alpha value is -1.03. The molecule has 0 aromatic carbocycles. The molecular weight excluding hydrogens is 276 g/mol. The van der Waals surface area contributed by atoms with Gasteiger partial charge in [0.05, 0.1) is 0 Å². The Balaban J connectivity index is 1.66. The number of carbonyl (C=O) groups excluding carboxylic acids is 1. The minimum atomic E-state index is -0.425. The normalized spacial score (nSPS) is 25.7. The maximum Gasteiger partial charge on any atom is 0.407 e. The average molecular weight is 308 g/mol. The fourth-order valence-electron chi connectivity index (χ4n) is 3.38. The Bertz CT molecular complexity index is 398. The van der Waals surface area contributed by atoms with Crippen molar-refractivity contribution in [2.24, 2.45) is 0 Å². The smallest absolute Gasteiger partial charge is 0.407 e. The lowest BCUT2D eigenvalue weighted by atomic mass is 9.91. The zero-order valence-electron chi connectivity index (χ0n) is 14.4. The molecule has 0 aromatic rings. The Morgan fingerprint density at radius 1 is 1.27 bits per heavy atom. The van der Waals surface area contributed by atoms with Crippen molar-refractivity contribution in [3.05, 3.63) is 11.6 Å². The van der Waals surface area contributed by atoms with E-state index in [1.54, 1.807) is 5.57 Å². The molecule has 1 saturated carbocycles.